The highest BCUT2D eigenvalue weighted by Crippen LogP contribution is 2.34. The molecule has 1 nitrogen and oxygen atoms in total. The molecule has 0 saturated carbocycles. The van der Waals surface area contributed by atoms with Crippen LogP contribution in [0.25, 0.3) is 0 Å². The van der Waals surface area contributed by atoms with E-state index in [9.17, 15) is 4.39 Å². The standard InChI is InChI=1S/C13H8BrCl3FN/c14-8-4-11(16)13(12(17)5-8)19-6-7-3-9(18)1-2-10(7)15/h1-5,19H,6H2. The highest BCUT2D eigenvalue weighted by atomic mass is 79.9. The molecule has 0 unspecified atom stereocenters. The maximum absolute atomic E-state index is 13.1. The summed E-state index contributed by atoms with van der Waals surface area (Å²) < 4.78 is 13.9. The minimum absolute atomic E-state index is 0.331. The normalized spacial score (nSPS) is 10.6. The van der Waals surface area contributed by atoms with Crippen molar-refractivity contribution in [2.45, 2.75) is 6.54 Å². The van der Waals surface area contributed by atoms with Crippen LogP contribution in [0.3, 0.4) is 0 Å². The van der Waals surface area contributed by atoms with E-state index in [4.69, 9.17) is 34.8 Å². The Morgan fingerprint density at radius 2 is 1.63 bits per heavy atom. The van der Waals surface area contributed by atoms with Gasteiger partial charge < -0.3 is 5.32 Å². The summed E-state index contributed by atoms with van der Waals surface area (Å²) in [5.74, 6) is -0.339. The largest absolute Gasteiger partial charge is 0.378 e. The number of rotatable bonds is 3. The molecule has 2 rings (SSSR count). The van der Waals surface area contributed by atoms with Crippen molar-refractivity contribution < 1.29 is 4.39 Å². The van der Waals surface area contributed by atoms with E-state index >= 15 is 0 Å². The highest BCUT2D eigenvalue weighted by molar-refractivity contribution is 9.10. The molecule has 0 radical (unpaired) electrons. The first kappa shape index (κ1) is 14.9. The van der Waals surface area contributed by atoms with Gasteiger partial charge in [-0.25, -0.2) is 4.39 Å². The summed E-state index contributed by atoms with van der Waals surface area (Å²) >= 11 is 21.5. The molecular formula is C13H8BrCl3FN. The van der Waals surface area contributed by atoms with Gasteiger partial charge in [0.1, 0.15) is 5.82 Å². The molecule has 6 heteroatoms. The van der Waals surface area contributed by atoms with Gasteiger partial charge in [0.2, 0.25) is 0 Å². The van der Waals surface area contributed by atoms with Crippen LogP contribution in [0.4, 0.5) is 10.1 Å². The maximum Gasteiger partial charge on any atom is 0.123 e. The molecule has 2 aromatic carbocycles. The smallest absolute Gasteiger partial charge is 0.123 e. The molecule has 0 spiro atoms. The lowest BCUT2D eigenvalue weighted by Gasteiger charge is -2.12. The number of benzene rings is 2. The summed E-state index contributed by atoms with van der Waals surface area (Å²) in [6.07, 6.45) is 0. The van der Waals surface area contributed by atoms with Gasteiger partial charge in [0, 0.05) is 16.0 Å². The van der Waals surface area contributed by atoms with Gasteiger partial charge >= 0.3 is 0 Å². The van der Waals surface area contributed by atoms with Gasteiger partial charge in [-0.05, 0) is 35.9 Å². The number of hydrogen-bond acceptors (Lipinski definition) is 1. The van der Waals surface area contributed by atoms with E-state index in [1.54, 1.807) is 12.1 Å². The molecular weight excluding hydrogens is 375 g/mol. The monoisotopic (exact) mass is 381 g/mol. The summed E-state index contributed by atoms with van der Waals surface area (Å²) in [5.41, 5.74) is 1.23. The van der Waals surface area contributed by atoms with Crippen molar-refractivity contribution in [3.05, 3.63) is 61.3 Å². The van der Waals surface area contributed by atoms with Gasteiger partial charge in [0.05, 0.1) is 15.7 Å². The lowest BCUT2D eigenvalue weighted by molar-refractivity contribution is 0.626. The third-order valence-corrected chi connectivity index (χ3v) is 3.89. The Kier molecular flexibility index (Phi) is 4.96. The number of anilines is 1. The summed E-state index contributed by atoms with van der Waals surface area (Å²) in [4.78, 5) is 0. The zero-order chi connectivity index (χ0) is 14.0. The fourth-order valence-corrected chi connectivity index (χ4v) is 3.10. The Morgan fingerprint density at radius 1 is 1.00 bits per heavy atom. The second-order valence-corrected chi connectivity index (χ2v) is 5.97. The molecule has 100 valence electrons. The molecule has 0 atom stereocenters. The minimum Gasteiger partial charge on any atom is -0.378 e. The second-order valence-electron chi connectivity index (χ2n) is 3.83. The van der Waals surface area contributed by atoms with E-state index < -0.39 is 0 Å². The summed E-state index contributed by atoms with van der Waals surface area (Å²) in [5, 5.41) is 4.50. The van der Waals surface area contributed by atoms with Crippen LogP contribution >= 0.6 is 50.7 Å². The van der Waals surface area contributed by atoms with Gasteiger partial charge in [-0.1, -0.05) is 50.7 Å². The van der Waals surface area contributed by atoms with E-state index in [0.717, 1.165) is 4.47 Å². The molecule has 0 fully saturated rings. The van der Waals surface area contributed by atoms with Crippen LogP contribution in [0.1, 0.15) is 5.56 Å². The van der Waals surface area contributed by atoms with E-state index in [1.807, 2.05) is 0 Å². The lowest BCUT2D eigenvalue weighted by Crippen LogP contribution is -2.02. The second kappa shape index (κ2) is 6.31. The molecule has 0 aliphatic rings. The summed E-state index contributed by atoms with van der Waals surface area (Å²) in [6.45, 7) is 0.331. The fourth-order valence-electron chi connectivity index (χ4n) is 1.57. The first-order valence-electron chi connectivity index (χ1n) is 5.29. The third-order valence-electron chi connectivity index (χ3n) is 2.47. The molecule has 1 N–H and O–H groups in total. The zero-order valence-corrected chi connectivity index (χ0v) is 13.3. The fraction of sp³-hybridized carbons (Fsp3) is 0.0769. The van der Waals surface area contributed by atoms with Crippen LogP contribution in [-0.4, -0.2) is 0 Å². The van der Waals surface area contributed by atoms with Gasteiger partial charge in [-0.3, -0.25) is 0 Å². The van der Waals surface area contributed by atoms with Crippen molar-refractivity contribution >= 4 is 56.4 Å². The molecule has 0 aliphatic heterocycles. The van der Waals surface area contributed by atoms with Crippen LogP contribution in [-0.2, 0) is 6.54 Å². The topological polar surface area (TPSA) is 12.0 Å². The Morgan fingerprint density at radius 3 is 2.26 bits per heavy atom. The third kappa shape index (κ3) is 3.76. The minimum atomic E-state index is -0.339. The van der Waals surface area contributed by atoms with Gasteiger partial charge in [-0.15, -0.1) is 0 Å². The SMILES string of the molecule is Fc1ccc(Cl)c(CNc2c(Cl)cc(Br)cc2Cl)c1. The lowest BCUT2D eigenvalue weighted by atomic mass is 10.2. The van der Waals surface area contributed by atoms with Gasteiger partial charge in [0.25, 0.3) is 0 Å². The van der Waals surface area contributed by atoms with Crippen molar-refractivity contribution in [1.82, 2.24) is 0 Å². The highest BCUT2D eigenvalue weighted by Gasteiger charge is 2.09. The van der Waals surface area contributed by atoms with Crippen molar-refractivity contribution in [3.63, 3.8) is 0 Å². The predicted octanol–water partition coefficient (Wildman–Crippen LogP) is 6.16. The van der Waals surface area contributed by atoms with E-state index in [0.29, 0.717) is 32.9 Å². The Balaban J connectivity index is 2.21. The first-order valence-corrected chi connectivity index (χ1v) is 7.22. The average Bonchev–Trinajstić information content (AvgIpc) is 2.32. The number of hydrogen-bond donors (Lipinski definition) is 1. The quantitative estimate of drug-likeness (QED) is 0.669. The van der Waals surface area contributed by atoms with Crippen molar-refractivity contribution in [1.29, 1.82) is 0 Å². The Hall–Kier alpha value is -0.480. The molecule has 0 aliphatic carbocycles. The molecule has 19 heavy (non-hydrogen) atoms. The molecule has 0 bridgehead atoms. The summed E-state index contributed by atoms with van der Waals surface area (Å²) in [7, 11) is 0. The van der Waals surface area contributed by atoms with Gasteiger partial charge in [0.15, 0.2) is 0 Å². The Bertz CT molecular complexity index is 596. The summed E-state index contributed by atoms with van der Waals surface area (Å²) in [6, 6.07) is 7.64. The molecule has 0 aromatic heterocycles. The van der Waals surface area contributed by atoms with Crippen LogP contribution in [0.5, 0.6) is 0 Å². The van der Waals surface area contributed by atoms with Crippen LogP contribution < -0.4 is 5.32 Å². The van der Waals surface area contributed by atoms with Crippen LogP contribution in [0.15, 0.2) is 34.8 Å². The van der Waals surface area contributed by atoms with Crippen LogP contribution in [0, 0.1) is 5.82 Å². The maximum atomic E-state index is 13.1. The molecule has 0 saturated heterocycles. The van der Waals surface area contributed by atoms with E-state index in [2.05, 4.69) is 21.2 Å². The van der Waals surface area contributed by atoms with Crippen molar-refractivity contribution in [3.8, 4) is 0 Å². The van der Waals surface area contributed by atoms with Crippen molar-refractivity contribution in [2.24, 2.45) is 0 Å². The average molecular weight is 383 g/mol. The van der Waals surface area contributed by atoms with E-state index in [-0.39, 0.29) is 5.82 Å². The molecule has 0 amide bonds. The van der Waals surface area contributed by atoms with Crippen LogP contribution in [0.2, 0.25) is 15.1 Å². The molecule has 0 heterocycles. The van der Waals surface area contributed by atoms with Crippen molar-refractivity contribution in [2.75, 3.05) is 5.32 Å². The molecule has 2 aromatic rings. The van der Waals surface area contributed by atoms with Gasteiger partial charge in [-0.2, -0.15) is 0 Å². The first-order chi connectivity index (χ1) is 8.97. The number of nitrogens with one attached hydrogen (secondary N) is 1. The number of halogens is 5. The zero-order valence-electron chi connectivity index (χ0n) is 9.48. The Labute approximate surface area is 133 Å². The van der Waals surface area contributed by atoms with E-state index in [1.165, 1.54) is 18.2 Å². The predicted molar refractivity (Wildman–Crippen MR) is 82.9 cm³/mol.